The summed E-state index contributed by atoms with van der Waals surface area (Å²) in [6.45, 7) is -0.0476. The van der Waals surface area contributed by atoms with Crippen LogP contribution in [0.1, 0.15) is 35.1 Å². The van der Waals surface area contributed by atoms with Crippen LogP contribution in [0.15, 0.2) is 119 Å². The van der Waals surface area contributed by atoms with Gasteiger partial charge in [0.25, 0.3) is 9.05 Å². The molecule has 0 spiro atoms. The zero-order chi connectivity index (χ0) is 37.9. The van der Waals surface area contributed by atoms with Crippen molar-refractivity contribution in [2.24, 2.45) is 11.7 Å². The normalized spacial score (nSPS) is 15.4. The fourth-order valence-electron chi connectivity index (χ4n) is 4.95. The molecule has 5 rings (SSSR count). The Morgan fingerprint density at radius 1 is 0.725 bits per heavy atom. The summed E-state index contributed by atoms with van der Waals surface area (Å²) in [4.78, 5) is 12.8. The van der Waals surface area contributed by atoms with Gasteiger partial charge in [-0.25, -0.2) is 16.8 Å². The summed E-state index contributed by atoms with van der Waals surface area (Å²) in [5, 5.41) is 2.53. The summed E-state index contributed by atoms with van der Waals surface area (Å²) in [5.41, 5.74) is 3.81. The molecule has 276 valence electrons. The van der Waals surface area contributed by atoms with E-state index in [4.69, 9.17) is 16.4 Å². The van der Waals surface area contributed by atoms with Gasteiger partial charge in [-0.2, -0.15) is 30.6 Å². The Morgan fingerprint density at radius 3 is 1.63 bits per heavy atom. The largest absolute Gasteiger partial charge is 0.416 e. The lowest BCUT2D eigenvalue weighted by molar-refractivity contribution is -0.139. The topological polar surface area (TPSA) is 127 Å². The molecule has 0 aliphatic carbocycles. The van der Waals surface area contributed by atoms with Crippen LogP contribution >= 0.6 is 10.7 Å². The van der Waals surface area contributed by atoms with Crippen LogP contribution in [0.2, 0.25) is 0 Å². The third kappa shape index (κ3) is 12.3. The maximum Gasteiger partial charge on any atom is 0.416 e. The molecule has 1 atom stereocenters. The van der Waals surface area contributed by atoms with Gasteiger partial charge in [-0.15, -0.1) is 0 Å². The fraction of sp³-hybridized carbons (Fsp3) is 0.265. The maximum absolute atomic E-state index is 13.1. The lowest BCUT2D eigenvalue weighted by Crippen LogP contribution is -2.45. The first kappa shape index (κ1) is 41.5. The van der Waals surface area contributed by atoms with E-state index in [0.717, 1.165) is 12.1 Å². The first-order valence-electron chi connectivity index (χ1n) is 15.2. The van der Waals surface area contributed by atoms with Gasteiger partial charge < -0.3 is 11.1 Å². The molecule has 1 aliphatic heterocycles. The van der Waals surface area contributed by atoms with Crippen LogP contribution in [-0.2, 0) is 49.3 Å². The van der Waals surface area contributed by atoms with Crippen LogP contribution in [0.3, 0.4) is 0 Å². The zero-order valence-electron chi connectivity index (χ0n) is 26.7. The molecule has 1 unspecified atom stereocenters. The molecule has 4 aromatic carbocycles. The van der Waals surface area contributed by atoms with Gasteiger partial charge in [-0.1, -0.05) is 72.8 Å². The summed E-state index contributed by atoms with van der Waals surface area (Å²) >= 11 is 0. The zero-order valence-corrected chi connectivity index (χ0v) is 29.1. The number of amides is 1. The smallest absolute Gasteiger partial charge is 0.352 e. The van der Waals surface area contributed by atoms with Crippen LogP contribution in [0.4, 0.5) is 26.3 Å². The number of carbonyl (C=O) groups excluding carboxylic acids is 1. The number of hydrogen-bond acceptors (Lipinski definition) is 6. The number of nitrogens with two attached hydrogens (primary N) is 1. The standard InChI is InChI=1S/C20H21F3N2O3S.C8H8F3N.C6H5ClO2S/c21-20(22,23)18-11-5-4-7-15(18)13-24-19(26)16-8-6-12-25(14-16)29(27,28)17-9-2-1-3-10-17;9-8(10,11)7-4-2-1-3-6(7)5-12;7-10(8,9)6-4-2-1-3-5-6/h1-5,7,9-11,16H,6,8,12-14H2,(H,24,26);1-4H,5,12H2;1-5H. The van der Waals surface area contributed by atoms with Crippen molar-refractivity contribution in [2.45, 2.75) is 48.1 Å². The van der Waals surface area contributed by atoms with Crippen molar-refractivity contribution in [3.8, 4) is 0 Å². The first-order chi connectivity index (χ1) is 23.9. The second kappa shape index (κ2) is 18.0. The van der Waals surface area contributed by atoms with E-state index in [-0.39, 0.29) is 40.6 Å². The van der Waals surface area contributed by atoms with Gasteiger partial charge in [-0.05, 0) is 60.4 Å². The molecule has 0 bridgehead atoms. The number of sulfonamides is 1. The molecular formula is C34H34ClF6N3O5S2. The molecule has 0 saturated carbocycles. The van der Waals surface area contributed by atoms with E-state index in [1.54, 1.807) is 36.4 Å². The maximum atomic E-state index is 13.1. The molecule has 0 radical (unpaired) electrons. The second-order valence-electron chi connectivity index (χ2n) is 11.0. The number of carbonyl (C=O) groups is 1. The van der Waals surface area contributed by atoms with Gasteiger partial charge in [0.15, 0.2) is 0 Å². The van der Waals surface area contributed by atoms with Crippen molar-refractivity contribution in [3.05, 3.63) is 131 Å². The third-order valence-electron chi connectivity index (χ3n) is 7.48. The highest BCUT2D eigenvalue weighted by atomic mass is 35.7. The van der Waals surface area contributed by atoms with E-state index >= 15 is 0 Å². The van der Waals surface area contributed by atoms with Gasteiger partial charge in [0.1, 0.15) is 0 Å². The van der Waals surface area contributed by atoms with Gasteiger partial charge >= 0.3 is 12.4 Å². The van der Waals surface area contributed by atoms with E-state index in [9.17, 15) is 48.0 Å². The minimum Gasteiger partial charge on any atom is -0.352 e. The Labute approximate surface area is 296 Å². The Hall–Kier alpha value is -3.96. The van der Waals surface area contributed by atoms with Crippen LogP contribution < -0.4 is 11.1 Å². The predicted molar refractivity (Wildman–Crippen MR) is 180 cm³/mol. The van der Waals surface area contributed by atoms with Gasteiger partial charge in [0, 0.05) is 36.9 Å². The summed E-state index contributed by atoms with van der Waals surface area (Å²) in [6.07, 6.45) is -7.82. The minimum absolute atomic E-state index is 0.00395. The number of halogens is 7. The summed E-state index contributed by atoms with van der Waals surface area (Å²) in [7, 11) is -2.22. The molecular weight excluding hydrogens is 744 g/mol. The average Bonchev–Trinajstić information content (AvgIpc) is 3.11. The van der Waals surface area contributed by atoms with Gasteiger partial charge in [-0.3, -0.25) is 4.79 Å². The molecule has 1 saturated heterocycles. The van der Waals surface area contributed by atoms with Crippen molar-refractivity contribution < 1.29 is 48.0 Å². The van der Waals surface area contributed by atoms with Crippen molar-refractivity contribution in [2.75, 3.05) is 13.1 Å². The number of nitrogens with zero attached hydrogens (tertiary/aromatic N) is 1. The molecule has 1 amide bonds. The van der Waals surface area contributed by atoms with Crippen LogP contribution in [0.25, 0.3) is 0 Å². The van der Waals surface area contributed by atoms with E-state index in [1.165, 1.54) is 65.0 Å². The number of piperidine rings is 1. The molecule has 17 heteroatoms. The van der Waals surface area contributed by atoms with E-state index in [1.807, 2.05) is 0 Å². The number of hydrogen-bond donors (Lipinski definition) is 2. The fourth-order valence-corrected chi connectivity index (χ4v) is 7.29. The Balaban J connectivity index is 0.000000260. The highest BCUT2D eigenvalue weighted by Crippen LogP contribution is 2.33. The van der Waals surface area contributed by atoms with E-state index < -0.39 is 54.4 Å². The summed E-state index contributed by atoms with van der Waals surface area (Å²) in [5.74, 6) is -1.06. The highest BCUT2D eigenvalue weighted by Gasteiger charge is 2.35. The molecule has 8 nitrogen and oxygen atoms in total. The lowest BCUT2D eigenvalue weighted by atomic mass is 9.98. The quantitative estimate of drug-likeness (QED) is 0.151. The van der Waals surface area contributed by atoms with Crippen LogP contribution in [0.5, 0.6) is 0 Å². The first-order valence-corrected chi connectivity index (χ1v) is 18.9. The molecule has 1 aliphatic rings. The Bertz CT molecular complexity index is 1950. The van der Waals surface area contributed by atoms with Crippen LogP contribution in [0, 0.1) is 5.92 Å². The summed E-state index contributed by atoms with van der Waals surface area (Å²) in [6, 6.07) is 26.2. The monoisotopic (exact) mass is 777 g/mol. The van der Waals surface area contributed by atoms with Crippen molar-refractivity contribution in [3.63, 3.8) is 0 Å². The summed E-state index contributed by atoms with van der Waals surface area (Å²) < 4.78 is 124. The van der Waals surface area contributed by atoms with Gasteiger partial charge in [0.2, 0.25) is 15.9 Å². The molecule has 51 heavy (non-hydrogen) atoms. The molecule has 0 aromatic heterocycles. The highest BCUT2D eigenvalue weighted by molar-refractivity contribution is 8.13. The molecule has 1 fully saturated rings. The van der Waals surface area contributed by atoms with Crippen molar-refractivity contribution in [1.29, 1.82) is 0 Å². The minimum atomic E-state index is -4.51. The third-order valence-corrected chi connectivity index (χ3v) is 10.7. The molecule has 4 aromatic rings. The predicted octanol–water partition coefficient (Wildman–Crippen LogP) is 7.20. The van der Waals surface area contributed by atoms with Crippen molar-refractivity contribution in [1.82, 2.24) is 9.62 Å². The molecule has 1 heterocycles. The average molecular weight is 778 g/mol. The van der Waals surface area contributed by atoms with Crippen LogP contribution in [-0.4, -0.2) is 40.1 Å². The Kier molecular flexibility index (Phi) is 14.6. The number of benzene rings is 4. The Morgan fingerprint density at radius 2 is 1.18 bits per heavy atom. The molecule has 3 N–H and O–H groups in total. The lowest BCUT2D eigenvalue weighted by Gasteiger charge is -2.31. The number of alkyl halides is 6. The van der Waals surface area contributed by atoms with Gasteiger partial charge in [0.05, 0.1) is 26.8 Å². The number of rotatable bonds is 7. The van der Waals surface area contributed by atoms with E-state index in [0.29, 0.717) is 19.4 Å². The van der Waals surface area contributed by atoms with E-state index in [2.05, 4.69) is 5.32 Å². The second-order valence-corrected chi connectivity index (χ2v) is 15.5. The SMILES string of the molecule is NCc1ccccc1C(F)(F)F.O=C(NCc1ccccc1C(F)(F)F)C1CCCN(S(=O)(=O)c2ccccc2)C1.O=S(=O)(Cl)c1ccccc1. The van der Waals surface area contributed by atoms with Crippen molar-refractivity contribution >= 4 is 35.7 Å². The number of nitrogens with one attached hydrogen (secondary N) is 1.